The summed E-state index contributed by atoms with van der Waals surface area (Å²) in [6.45, 7) is 1.95. The third kappa shape index (κ3) is 4.00. The van der Waals surface area contributed by atoms with Gasteiger partial charge in [-0.15, -0.1) is 0 Å². The van der Waals surface area contributed by atoms with Crippen LogP contribution in [0.3, 0.4) is 0 Å². The monoisotopic (exact) mass is 462 g/mol. The third-order valence-corrected chi connectivity index (χ3v) is 4.45. The summed E-state index contributed by atoms with van der Waals surface area (Å²) in [5.74, 6) is 5.15. The number of halogens is 2. The van der Waals surface area contributed by atoms with Gasteiger partial charge in [0.1, 0.15) is 5.82 Å². The van der Waals surface area contributed by atoms with E-state index in [0.717, 1.165) is 14.1 Å². The summed E-state index contributed by atoms with van der Waals surface area (Å²) in [6.07, 6.45) is 2.96. The Balaban J connectivity index is 1.91. The molecule has 0 radical (unpaired) electrons. The fourth-order valence-corrected chi connectivity index (χ4v) is 2.82. The zero-order valence-corrected chi connectivity index (χ0v) is 16.1. The Morgan fingerprint density at radius 1 is 1.15 bits per heavy atom. The van der Waals surface area contributed by atoms with Crippen LogP contribution in [0.15, 0.2) is 60.9 Å². The lowest BCUT2D eigenvalue weighted by molar-refractivity contribution is 0.0987. The van der Waals surface area contributed by atoms with Gasteiger partial charge in [-0.2, -0.15) is 0 Å². The van der Waals surface area contributed by atoms with Crippen LogP contribution >= 0.6 is 22.6 Å². The molecule has 1 heterocycles. The van der Waals surface area contributed by atoms with Crippen molar-refractivity contribution in [1.82, 2.24) is 4.98 Å². The number of nitrogens with two attached hydrogens (primary N) is 1. The Hall–Kier alpha value is -2.52. The van der Waals surface area contributed by atoms with Gasteiger partial charge in [-0.3, -0.25) is 9.78 Å². The van der Waals surface area contributed by atoms with Crippen LogP contribution in [0.4, 0.5) is 21.5 Å². The van der Waals surface area contributed by atoms with Gasteiger partial charge >= 0.3 is 0 Å². The summed E-state index contributed by atoms with van der Waals surface area (Å²) >= 11 is 2.03. The largest absolute Gasteiger partial charge is 0.351 e. The fraction of sp³-hybridized carbons (Fsp3) is 0.0526. The molecule has 3 aromatic rings. The van der Waals surface area contributed by atoms with Crippen LogP contribution < -0.4 is 16.2 Å². The van der Waals surface area contributed by atoms with E-state index in [9.17, 15) is 9.18 Å². The van der Waals surface area contributed by atoms with Crippen molar-refractivity contribution >= 4 is 45.6 Å². The van der Waals surface area contributed by atoms with E-state index in [1.165, 1.54) is 18.5 Å². The lowest BCUT2D eigenvalue weighted by atomic mass is 10.1. The summed E-state index contributed by atoms with van der Waals surface area (Å²) < 4.78 is 14.9. The van der Waals surface area contributed by atoms with Crippen molar-refractivity contribution in [2.75, 3.05) is 10.3 Å². The van der Waals surface area contributed by atoms with Gasteiger partial charge in [0, 0.05) is 9.77 Å². The van der Waals surface area contributed by atoms with Crippen LogP contribution in [0.25, 0.3) is 0 Å². The first kappa shape index (κ1) is 18.3. The van der Waals surface area contributed by atoms with Gasteiger partial charge in [0.15, 0.2) is 0 Å². The van der Waals surface area contributed by atoms with Crippen LogP contribution in [0, 0.1) is 16.3 Å². The number of pyridine rings is 1. The second-order valence-electron chi connectivity index (χ2n) is 5.68. The van der Waals surface area contributed by atoms with Gasteiger partial charge in [0.05, 0.1) is 28.8 Å². The zero-order chi connectivity index (χ0) is 18.7. The van der Waals surface area contributed by atoms with E-state index in [0.29, 0.717) is 16.9 Å². The maximum Gasteiger partial charge on any atom is 0.274 e. The van der Waals surface area contributed by atoms with E-state index in [1.807, 2.05) is 41.6 Å². The van der Waals surface area contributed by atoms with Crippen molar-refractivity contribution in [1.29, 1.82) is 0 Å². The minimum Gasteiger partial charge on any atom is -0.351 e. The average molecular weight is 462 g/mol. The Bertz CT molecular complexity index is 947. The van der Waals surface area contributed by atoms with Crippen LogP contribution in [-0.4, -0.2) is 10.9 Å². The number of aryl methyl sites for hydroxylation is 1. The number of carbonyl (C=O) groups is 1. The number of anilines is 3. The molecule has 0 bridgehead atoms. The van der Waals surface area contributed by atoms with Gasteiger partial charge in [0.2, 0.25) is 0 Å². The van der Waals surface area contributed by atoms with Crippen LogP contribution in [-0.2, 0) is 0 Å². The molecule has 132 valence electrons. The molecule has 7 heteroatoms. The molecule has 0 saturated heterocycles. The number of amides is 1. The Labute approximate surface area is 164 Å². The molecule has 0 fully saturated rings. The molecule has 0 atom stereocenters. The van der Waals surface area contributed by atoms with Crippen molar-refractivity contribution in [2.24, 2.45) is 5.84 Å². The van der Waals surface area contributed by atoms with E-state index in [4.69, 9.17) is 5.84 Å². The molecule has 0 saturated carbocycles. The van der Waals surface area contributed by atoms with Crippen LogP contribution in [0.2, 0.25) is 0 Å². The van der Waals surface area contributed by atoms with Crippen molar-refractivity contribution in [3.8, 4) is 0 Å². The molecular formula is C19H16FIN4O. The molecule has 5 nitrogen and oxygen atoms in total. The first-order chi connectivity index (χ1) is 12.5. The Morgan fingerprint density at radius 3 is 2.58 bits per heavy atom. The Morgan fingerprint density at radius 2 is 1.88 bits per heavy atom. The zero-order valence-electron chi connectivity index (χ0n) is 13.9. The number of aromatic nitrogens is 1. The predicted octanol–water partition coefficient (Wildman–Crippen LogP) is 4.40. The Kier molecular flexibility index (Phi) is 5.48. The summed E-state index contributed by atoms with van der Waals surface area (Å²) in [7, 11) is 0. The summed E-state index contributed by atoms with van der Waals surface area (Å²) in [4.78, 5) is 16.8. The number of benzene rings is 2. The molecule has 0 aliphatic rings. The minimum atomic E-state index is -0.426. The van der Waals surface area contributed by atoms with Gasteiger partial charge < -0.3 is 5.32 Å². The first-order valence-electron chi connectivity index (χ1n) is 7.77. The average Bonchev–Trinajstić information content (AvgIpc) is 2.64. The van der Waals surface area contributed by atoms with E-state index < -0.39 is 11.7 Å². The number of rotatable bonds is 4. The SMILES string of the molecule is Cc1ccc(N(N)C(=O)c2ccncc2Nc2ccc(I)cc2F)cc1. The minimum absolute atomic E-state index is 0.256. The highest BCUT2D eigenvalue weighted by Gasteiger charge is 2.19. The highest BCUT2D eigenvalue weighted by atomic mass is 127. The number of hydrazine groups is 1. The third-order valence-electron chi connectivity index (χ3n) is 3.78. The lowest BCUT2D eigenvalue weighted by Gasteiger charge is -2.19. The van der Waals surface area contributed by atoms with E-state index >= 15 is 0 Å². The normalized spacial score (nSPS) is 10.5. The first-order valence-corrected chi connectivity index (χ1v) is 8.85. The summed E-state index contributed by atoms with van der Waals surface area (Å²) in [5, 5.41) is 3.98. The molecular weight excluding hydrogens is 446 g/mol. The second kappa shape index (κ2) is 7.79. The smallest absolute Gasteiger partial charge is 0.274 e. The molecule has 1 amide bonds. The number of nitrogens with zero attached hydrogens (tertiary/aromatic N) is 2. The standard InChI is InChI=1S/C19H16FIN4O/c1-12-2-5-14(6-3-12)25(22)19(26)15-8-9-23-11-18(15)24-17-7-4-13(21)10-16(17)20/h2-11,24H,22H2,1H3. The quantitative estimate of drug-likeness (QED) is 0.261. The molecule has 0 aliphatic carbocycles. The van der Waals surface area contributed by atoms with Crippen LogP contribution in [0.5, 0.6) is 0 Å². The maximum absolute atomic E-state index is 14.1. The topological polar surface area (TPSA) is 71.2 Å². The van der Waals surface area contributed by atoms with E-state index in [-0.39, 0.29) is 5.69 Å². The maximum atomic E-state index is 14.1. The predicted molar refractivity (Wildman–Crippen MR) is 109 cm³/mol. The molecule has 1 aromatic heterocycles. The highest BCUT2D eigenvalue weighted by Crippen LogP contribution is 2.25. The molecule has 3 rings (SSSR count). The van der Waals surface area contributed by atoms with E-state index in [1.54, 1.807) is 30.3 Å². The fourth-order valence-electron chi connectivity index (χ4n) is 2.37. The van der Waals surface area contributed by atoms with Gasteiger partial charge in [-0.05, 0) is 65.9 Å². The van der Waals surface area contributed by atoms with Crippen molar-refractivity contribution in [2.45, 2.75) is 6.92 Å². The van der Waals surface area contributed by atoms with Crippen molar-refractivity contribution in [3.63, 3.8) is 0 Å². The van der Waals surface area contributed by atoms with Crippen molar-refractivity contribution in [3.05, 3.63) is 81.4 Å². The molecule has 26 heavy (non-hydrogen) atoms. The summed E-state index contributed by atoms with van der Waals surface area (Å²) in [5.41, 5.74) is 2.55. The van der Waals surface area contributed by atoms with Crippen molar-refractivity contribution < 1.29 is 9.18 Å². The number of carbonyl (C=O) groups excluding carboxylic acids is 1. The van der Waals surface area contributed by atoms with Gasteiger partial charge in [-0.1, -0.05) is 17.7 Å². The van der Waals surface area contributed by atoms with Gasteiger partial charge in [-0.25, -0.2) is 15.2 Å². The number of nitrogens with one attached hydrogen (secondary N) is 1. The second-order valence-corrected chi connectivity index (χ2v) is 6.93. The van der Waals surface area contributed by atoms with Gasteiger partial charge in [0.25, 0.3) is 5.91 Å². The molecule has 2 aromatic carbocycles. The molecule has 0 unspecified atom stereocenters. The summed E-state index contributed by atoms with van der Waals surface area (Å²) in [6, 6.07) is 13.6. The lowest BCUT2D eigenvalue weighted by Crippen LogP contribution is -2.37. The number of hydrogen-bond acceptors (Lipinski definition) is 4. The van der Waals surface area contributed by atoms with Crippen LogP contribution in [0.1, 0.15) is 15.9 Å². The van der Waals surface area contributed by atoms with E-state index in [2.05, 4.69) is 10.3 Å². The highest BCUT2D eigenvalue weighted by molar-refractivity contribution is 14.1. The molecule has 3 N–H and O–H groups in total. The number of hydrogen-bond donors (Lipinski definition) is 2. The molecule has 0 spiro atoms. The molecule has 0 aliphatic heterocycles.